The van der Waals surface area contributed by atoms with Gasteiger partial charge in [0.05, 0.1) is 5.92 Å². The van der Waals surface area contributed by atoms with Crippen LogP contribution in [0.1, 0.15) is 12.0 Å². The van der Waals surface area contributed by atoms with Crippen LogP contribution in [0.25, 0.3) is 0 Å². The van der Waals surface area contributed by atoms with E-state index in [0.29, 0.717) is 49.0 Å². The summed E-state index contributed by atoms with van der Waals surface area (Å²) in [6.45, 7) is 1.90. The topological polar surface area (TPSA) is 73.1 Å². The lowest BCUT2D eigenvalue weighted by Crippen LogP contribution is -2.27. The molecule has 0 aliphatic carbocycles. The number of anilines is 1. The predicted molar refractivity (Wildman–Crippen MR) is 118 cm³/mol. The molecule has 0 radical (unpaired) electrons. The monoisotopic (exact) mass is 429 g/mol. The van der Waals surface area contributed by atoms with Gasteiger partial charge in [-0.2, -0.15) is 4.99 Å². The number of ether oxygens (including phenoxy) is 2. The number of nitrogens with zero attached hydrogens (tertiary/aromatic N) is 3. The van der Waals surface area contributed by atoms with Gasteiger partial charge in [-0.05, 0) is 29.8 Å². The van der Waals surface area contributed by atoms with Crippen molar-refractivity contribution in [3.8, 4) is 11.5 Å². The van der Waals surface area contributed by atoms with Crippen LogP contribution in [0.4, 0.5) is 5.69 Å². The van der Waals surface area contributed by atoms with Gasteiger partial charge in [-0.25, -0.2) is 0 Å². The molecule has 0 saturated carbocycles. The Morgan fingerprint density at radius 1 is 0.969 bits per heavy atom. The minimum Gasteiger partial charge on any atom is -0.486 e. The fourth-order valence-electron chi connectivity index (χ4n) is 4.01. The maximum absolute atomic E-state index is 13.0. The molecule has 2 aliphatic rings. The van der Waals surface area contributed by atoms with Gasteiger partial charge in [0, 0.05) is 37.5 Å². The molecule has 0 spiro atoms. The lowest BCUT2D eigenvalue weighted by molar-refractivity contribution is -0.123. The Bertz CT molecular complexity index is 1220. The van der Waals surface area contributed by atoms with Crippen LogP contribution < -0.4 is 19.9 Å². The smallest absolute Gasteiger partial charge is 0.253 e. The van der Waals surface area contributed by atoms with E-state index in [9.17, 15) is 9.59 Å². The first-order valence-electron chi connectivity index (χ1n) is 10.7. The molecule has 1 unspecified atom stereocenters. The average Bonchev–Trinajstić information content (AvgIpc) is 3.22. The fourth-order valence-corrected chi connectivity index (χ4v) is 4.01. The highest BCUT2D eigenvalue weighted by atomic mass is 16.6. The molecular weight excluding hydrogens is 406 g/mol. The minimum atomic E-state index is -0.485. The molecule has 1 saturated heterocycles. The van der Waals surface area contributed by atoms with Gasteiger partial charge in [0.2, 0.25) is 5.91 Å². The summed E-state index contributed by atoms with van der Waals surface area (Å²) >= 11 is 0. The van der Waals surface area contributed by atoms with Gasteiger partial charge in [-0.15, -0.1) is 0 Å². The van der Waals surface area contributed by atoms with Gasteiger partial charge >= 0.3 is 0 Å². The number of amides is 2. The molecule has 2 aliphatic heterocycles. The van der Waals surface area contributed by atoms with Gasteiger partial charge < -0.3 is 18.9 Å². The molecule has 0 N–H and O–H groups in total. The van der Waals surface area contributed by atoms with E-state index in [4.69, 9.17) is 9.47 Å². The van der Waals surface area contributed by atoms with Crippen LogP contribution in [0.5, 0.6) is 11.5 Å². The molecule has 162 valence electrons. The molecule has 32 heavy (non-hydrogen) atoms. The van der Waals surface area contributed by atoms with Crippen molar-refractivity contribution in [1.29, 1.82) is 0 Å². The van der Waals surface area contributed by atoms with E-state index in [1.54, 1.807) is 17.0 Å². The third-order valence-corrected chi connectivity index (χ3v) is 5.65. The summed E-state index contributed by atoms with van der Waals surface area (Å²) in [7, 11) is 0. The highest BCUT2D eigenvalue weighted by molar-refractivity contribution is 6.00. The molecule has 2 amide bonds. The standard InChI is InChI=1S/C25H23N3O4/c29-24-14-19(17-28(24)20-9-10-21-22(15-20)32-13-12-31-21)25(30)26-23-8-4-5-11-27(23)16-18-6-2-1-3-7-18/h1-11,15,19H,12-14,16-17H2. The summed E-state index contributed by atoms with van der Waals surface area (Å²) in [5.74, 6) is 0.418. The molecule has 5 rings (SSSR count). The van der Waals surface area contributed by atoms with E-state index in [1.165, 1.54) is 0 Å². The molecule has 7 heteroatoms. The number of benzene rings is 2. The van der Waals surface area contributed by atoms with Crippen LogP contribution in [0.15, 0.2) is 77.9 Å². The van der Waals surface area contributed by atoms with E-state index in [-0.39, 0.29) is 18.2 Å². The molecular formula is C25H23N3O4. The number of hydrogen-bond acceptors (Lipinski definition) is 4. The number of pyridine rings is 1. The van der Waals surface area contributed by atoms with Crippen molar-refractivity contribution >= 4 is 17.5 Å². The zero-order valence-electron chi connectivity index (χ0n) is 17.5. The molecule has 3 aromatic rings. The van der Waals surface area contributed by atoms with Gasteiger partial charge in [0.1, 0.15) is 18.7 Å². The fraction of sp³-hybridized carbons (Fsp3) is 0.240. The number of carbonyl (C=O) groups excluding carboxylic acids is 2. The predicted octanol–water partition coefficient (Wildman–Crippen LogP) is 2.79. The molecule has 3 heterocycles. The Balaban J connectivity index is 1.35. The van der Waals surface area contributed by atoms with Crippen molar-refractivity contribution in [1.82, 2.24) is 4.57 Å². The highest BCUT2D eigenvalue weighted by Gasteiger charge is 2.35. The van der Waals surface area contributed by atoms with Gasteiger partial charge in [0.15, 0.2) is 11.5 Å². The zero-order chi connectivity index (χ0) is 21.9. The van der Waals surface area contributed by atoms with Crippen molar-refractivity contribution in [2.45, 2.75) is 13.0 Å². The minimum absolute atomic E-state index is 0.0968. The summed E-state index contributed by atoms with van der Waals surface area (Å²) < 4.78 is 13.1. The second-order valence-corrected chi connectivity index (χ2v) is 7.86. The summed E-state index contributed by atoms with van der Waals surface area (Å²) in [6, 6.07) is 21.0. The Kier molecular flexibility index (Phi) is 5.46. The number of aromatic nitrogens is 1. The van der Waals surface area contributed by atoms with Crippen molar-refractivity contribution < 1.29 is 19.1 Å². The molecule has 0 bridgehead atoms. The zero-order valence-corrected chi connectivity index (χ0v) is 17.5. The van der Waals surface area contributed by atoms with E-state index in [0.717, 1.165) is 5.56 Å². The molecule has 2 aromatic carbocycles. The first-order chi connectivity index (χ1) is 15.7. The number of carbonyl (C=O) groups is 2. The maximum atomic E-state index is 13.0. The highest BCUT2D eigenvalue weighted by Crippen LogP contribution is 2.36. The summed E-state index contributed by atoms with van der Waals surface area (Å²) in [5.41, 5.74) is 2.40. The van der Waals surface area contributed by atoms with E-state index >= 15 is 0 Å². The summed E-state index contributed by atoms with van der Waals surface area (Å²) in [4.78, 5) is 31.6. The lowest BCUT2D eigenvalue weighted by Gasteiger charge is -2.22. The Labute approximate surface area is 185 Å². The van der Waals surface area contributed by atoms with Crippen LogP contribution in [-0.2, 0) is 16.1 Å². The van der Waals surface area contributed by atoms with E-state index in [1.807, 2.05) is 65.4 Å². The first kappa shape index (κ1) is 20.1. The van der Waals surface area contributed by atoms with Crippen molar-refractivity contribution in [2.75, 3.05) is 24.7 Å². The molecule has 1 atom stereocenters. The summed E-state index contributed by atoms with van der Waals surface area (Å²) in [5, 5.41) is 0. The number of rotatable bonds is 4. The number of fused-ring (bicyclic) bond motifs is 1. The SMILES string of the molecule is O=C(N=c1ccccn1Cc1ccccc1)C1CC(=O)N(c2ccc3c(c2)OCCO3)C1. The van der Waals surface area contributed by atoms with Crippen LogP contribution in [-0.4, -0.2) is 36.1 Å². The van der Waals surface area contributed by atoms with Gasteiger partial charge in [0.25, 0.3) is 5.91 Å². The van der Waals surface area contributed by atoms with E-state index < -0.39 is 5.92 Å². The Hall–Kier alpha value is -3.87. The van der Waals surface area contributed by atoms with Crippen molar-refractivity contribution in [3.63, 3.8) is 0 Å². The van der Waals surface area contributed by atoms with Crippen LogP contribution >= 0.6 is 0 Å². The van der Waals surface area contributed by atoms with Crippen LogP contribution in [0, 0.1) is 5.92 Å². The van der Waals surface area contributed by atoms with Crippen LogP contribution in [0.2, 0.25) is 0 Å². The largest absolute Gasteiger partial charge is 0.486 e. The molecule has 7 nitrogen and oxygen atoms in total. The summed E-state index contributed by atoms with van der Waals surface area (Å²) in [6.07, 6.45) is 2.04. The number of hydrogen-bond donors (Lipinski definition) is 0. The Morgan fingerprint density at radius 3 is 2.59 bits per heavy atom. The van der Waals surface area contributed by atoms with Crippen molar-refractivity contribution in [3.05, 3.63) is 84.0 Å². The third kappa shape index (κ3) is 4.14. The van der Waals surface area contributed by atoms with Gasteiger partial charge in [-0.1, -0.05) is 36.4 Å². The third-order valence-electron chi connectivity index (χ3n) is 5.65. The second kappa shape index (κ2) is 8.70. The Morgan fingerprint density at radius 2 is 1.75 bits per heavy atom. The van der Waals surface area contributed by atoms with Gasteiger partial charge in [-0.3, -0.25) is 9.59 Å². The maximum Gasteiger partial charge on any atom is 0.253 e. The first-order valence-corrected chi connectivity index (χ1v) is 10.7. The molecule has 1 aromatic heterocycles. The second-order valence-electron chi connectivity index (χ2n) is 7.86. The average molecular weight is 429 g/mol. The molecule has 1 fully saturated rings. The normalized spacial score (nSPS) is 18.1. The van der Waals surface area contributed by atoms with Crippen LogP contribution in [0.3, 0.4) is 0 Å². The van der Waals surface area contributed by atoms with Crippen molar-refractivity contribution in [2.24, 2.45) is 10.9 Å². The lowest BCUT2D eigenvalue weighted by atomic mass is 10.1. The van der Waals surface area contributed by atoms with E-state index in [2.05, 4.69) is 4.99 Å². The quantitative estimate of drug-likeness (QED) is 0.639.